The van der Waals surface area contributed by atoms with Crippen LogP contribution in [0.4, 0.5) is 0 Å². The van der Waals surface area contributed by atoms with E-state index in [0.717, 1.165) is 26.1 Å². The molecule has 2 fully saturated rings. The van der Waals surface area contributed by atoms with E-state index in [1.165, 1.54) is 0 Å². The summed E-state index contributed by atoms with van der Waals surface area (Å²) in [6.07, 6.45) is 1.94. The summed E-state index contributed by atoms with van der Waals surface area (Å²) >= 11 is 0. The fourth-order valence-electron chi connectivity index (χ4n) is 1.91. The minimum absolute atomic E-state index is 0.0540. The first-order valence-electron chi connectivity index (χ1n) is 4.09. The Morgan fingerprint density at radius 3 is 2.82 bits per heavy atom. The normalized spacial score (nSPS) is 42.4. The van der Waals surface area contributed by atoms with Crippen molar-refractivity contribution in [1.82, 2.24) is 0 Å². The van der Waals surface area contributed by atoms with Crippen molar-refractivity contribution in [1.29, 1.82) is 0 Å². The molecule has 0 radical (unpaired) electrons. The smallest absolute Gasteiger partial charge is 0.306 e. The first kappa shape index (κ1) is 7.10. The van der Waals surface area contributed by atoms with Crippen molar-refractivity contribution in [2.24, 2.45) is 17.8 Å². The van der Waals surface area contributed by atoms with Gasteiger partial charge in [0.05, 0.1) is 5.92 Å². The lowest BCUT2D eigenvalue weighted by Gasteiger charge is -2.02. The summed E-state index contributed by atoms with van der Waals surface area (Å²) in [4.78, 5) is 10.5. The Labute approximate surface area is 65.4 Å². The summed E-state index contributed by atoms with van der Waals surface area (Å²) < 4.78 is 5.19. The Balaban J connectivity index is 1.85. The van der Waals surface area contributed by atoms with Gasteiger partial charge >= 0.3 is 5.97 Å². The average molecular weight is 156 g/mol. The van der Waals surface area contributed by atoms with E-state index in [1.807, 2.05) is 0 Å². The molecule has 0 aromatic carbocycles. The minimum Gasteiger partial charge on any atom is -0.481 e. The van der Waals surface area contributed by atoms with Crippen LogP contribution in [0, 0.1) is 17.8 Å². The van der Waals surface area contributed by atoms with E-state index in [-0.39, 0.29) is 5.92 Å². The van der Waals surface area contributed by atoms with Gasteiger partial charge in [-0.1, -0.05) is 0 Å². The lowest BCUT2D eigenvalue weighted by molar-refractivity contribution is -0.139. The number of carboxylic acids is 1. The summed E-state index contributed by atoms with van der Waals surface area (Å²) in [7, 11) is 0. The van der Waals surface area contributed by atoms with Crippen LogP contribution in [0.1, 0.15) is 12.8 Å². The molecule has 11 heavy (non-hydrogen) atoms. The molecule has 1 N–H and O–H groups in total. The molecule has 2 aliphatic rings. The maximum absolute atomic E-state index is 10.5. The van der Waals surface area contributed by atoms with Gasteiger partial charge in [0, 0.05) is 13.2 Å². The van der Waals surface area contributed by atoms with Crippen molar-refractivity contribution < 1.29 is 14.6 Å². The van der Waals surface area contributed by atoms with E-state index in [1.54, 1.807) is 0 Å². The molecule has 0 spiro atoms. The van der Waals surface area contributed by atoms with E-state index in [2.05, 4.69) is 0 Å². The molecular formula is C8H12O3. The number of aliphatic carboxylic acids is 1. The number of carbonyl (C=O) groups is 1. The molecule has 2 rings (SSSR count). The van der Waals surface area contributed by atoms with Gasteiger partial charge in [0.1, 0.15) is 0 Å². The van der Waals surface area contributed by atoms with Crippen molar-refractivity contribution in [3.63, 3.8) is 0 Å². The molecule has 1 aliphatic carbocycles. The first-order chi connectivity index (χ1) is 5.29. The van der Waals surface area contributed by atoms with Gasteiger partial charge in [-0.3, -0.25) is 4.79 Å². The molecule has 3 atom stereocenters. The molecule has 62 valence electrons. The summed E-state index contributed by atoms with van der Waals surface area (Å²) in [5, 5.41) is 8.64. The molecule has 0 amide bonds. The second kappa shape index (κ2) is 2.48. The predicted molar refractivity (Wildman–Crippen MR) is 38.2 cm³/mol. The van der Waals surface area contributed by atoms with Crippen molar-refractivity contribution in [3.05, 3.63) is 0 Å². The topological polar surface area (TPSA) is 46.5 Å². The molecule has 1 heterocycles. The molecule has 0 aromatic rings. The number of rotatable bonds is 2. The van der Waals surface area contributed by atoms with Crippen LogP contribution in [-0.4, -0.2) is 24.3 Å². The Hall–Kier alpha value is -0.570. The van der Waals surface area contributed by atoms with Crippen molar-refractivity contribution >= 4 is 5.97 Å². The van der Waals surface area contributed by atoms with E-state index in [0.29, 0.717) is 11.8 Å². The SMILES string of the molecule is O=C(O)[C@@H]1C[C@H]1C1CCOC1. The zero-order valence-electron chi connectivity index (χ0n) is 6.32. The molecule has 3 heteroatoms. The molecule has 1 unspecified atom stereocenters. The minimum atomic E-state index is -0.623. The van der Waals surface area contributed by atoms with Crippen molar-refractivity contribution in [2.75, 3.05) is 13.2 Å². The Morgan fingerprint density at radius 1 is 1.55 bits per heavy atom. The number of hydrogen-bond acceptors (Lipinski definition) is 2. The van der Waals surface area contributed by atoms with Crippen LogP contribution >= 0.6 is 0 Å². The number of carboxylic acid groups (broad SMARTS) is 1. The second-order valence-corrected chi connectivity index (χ2v) is 3.47. The van der Waals surface area contributed by atoms with Crippen LogP contribution in [0.2, 0.25) is 0 Å². The maximum Gasteiger partial charge on any atom is 0.306 e. The highest BCUT2D eigenvalue weighted by Crippen LogP contribution is 2.47. The average Bonchev–Trinajstić information content (AvgIpc) is 2.60. The van der Waals surface area contributed by atoms with Crippen LogP contribution in [0.3, 0.4) is 0 Å². The number of ether oxygens (including phenoxy) is 1. The summed E-state index contributed by atoms with van der Waals surface area (Å²) in [5.41, 5.74) is 0. The molecule has 3 nitrogen and oxygen atoms in total. The molecule has 1 saturated heterocycles. The van der Waals surface area contributed by atoms with Gasteiger partial charge < -0.3 is 9.84 Å². The van der Waals surface area contributed by atoms with Crippen molar-refractivity contribution in [2.45, 2.75) is 12.8 Å². The van der Waals surface area contributed by atoms with Crippen molar-refractivity contribution in [3.8, 4) is 0 Å². The standard InChI is InChI=1S/C8H12O3/c9-8(10)7-3-6(7)5-1-2-11-4-5/h5-7H,1-4H2,(H,9,10)/t5?,6-,7+/m0/s1. The zero-order valence-corrected chi connectivity index (χ0v) is 6.32. The van der Waals surface area contributed by atoms with Gasteiger partial charge in [0.2, 0.25) is 0 Å². The van der Waals surface area contributed by atoms with Crippen LogP contribution in [0.5, 0.6) is 0 Å². The van der Waals surface area contributed by atoms with Gasteiger partial charge in [-0.25, -0.2) is 0 Å². The van der Waals surface area contributed by atoms with E-state index >= 15 is 0 Å². The lowest BCUT2D eigenvalue weighted by atomic mass is 10.0. The largest absolute Gasteiger partial charge is 0.481 e. The van der Waals surface area contributed by atoms with Gasteiger partial charge in [-0.2, -0.15) is 0 Å². The monoisotopic (exact) mass is 156 g/mol. The van der Waals surface area contributed by atoms with Crippen LogP contribution in [0.25, 0.3) is 0 Å². The summed E-state index contributed by atoms with van der Waals surface area (Å²) in [6.45, 7) is 1.61. The van der Waals surface area contributed by atoms with E-state index in [4.69, 9.17) is 9.84 Å². The Morgan fingerprint density at radius 2 is 2.36 bits per heavy atom. The third kappa shape index (κ3) is 1.25. The van der Waals surface area contributed by atoms with Gasteiger partial charge in [-0.15, -0.1) is 0 Å². The summed E-state index contributed by atoms with van der Waals surface area (Å²) in [5.74, 6) is 0.287. The highest BCUT2D eigenvalue weighted by atomic mass is 16.5. The third-order valence-electron chi connectivity index (χ3n) is 2.73. The second-order valence-electron chi connectivity index (χ2n) is 3.47. The zero-order chi connectivity index (χ0) is 7.84. The molecule has 0 aromatic heterocycles. The molecule has 1 aliphatic heterocycles. The van der Waals surface area contributed by atoms with Crippen LogP contribution in [-0.2, 0) is 9.53 Å². The molecular weight excluding hydrogens is 144 g/mol. The van der Waals surface area contributed by atoms with Gasteiger partial charge in [-0.05, 0) is 24.7 Å². The van der Waals surface area contributed by atoms with E-state index < -0.39 is 5.97 Å². The maximum atomic E-state index is 10.5. The summed E-state index contributed by atoms with van der Waals surface area (Å²) in [6, 6.07) is 0. The van der Waals surface area contributed by atoms with Gasteiger partial charge in [0.25, 0.3) is 0 Å². The lowest BCUT2D eigenvalue weighted by Crippen LogP contribution is -2.08. The highest BCUT2D eigenvalue weighted by molar-refractivity contribution is 5.73. The molecule has 0 bridgehead atoms. The number of hydrogen-bond donors (Lipinski definition) is 1. The third-order valence-corrected chi connectivity index (χ3v) is 2.73. The fourth-order valence-corrected chi connectivity index (χ4v) is 1.91. The van der Waals surface area contributed by atoms with Gasteiger partial charge in [0.15, 0.2) is 0 Å². The predicted octanol–water partition coefficient (Wildman–Crippen LogP) is 0.744. The Kier molecular flexibility index (Phi) is 1.60. The van der Waals surface area contributed by atoms with E-state index in [9.17, 15) is 4.79 Å². The first-order valence-corrected chi connectivity index (χ1v) is 4.09. The Bertz CT molecular complexity index is 172. The fraction of sp³-hybridized carbons (Fsp3) is 0.875. The quantitative estimate of drug-likeness (QED) is 0.641. The van der Waals surface area contributed by atoms with Crippen LogP contribution < -0.4 is 0 Å². The molecule has 1 saturated carbocycles. The van der Waals surface area contributed by atoms with Crippen LogP contribution in [0.15, 0.2) is 0 Å². The highest BCUT2D eigenvalue weighted by Gasteiger charge is 2.48.